The van der Waals surface area contributed by atoms with E-state index in [1.165, 1.54) is 10.0 Å². The Labute approximate surface area is 128 Å². The molecule has 0 aromatic heterocycles. The largest absolute Gasteiger partial charge is 0.350 e. The third-order valence-electron chi connectivity index (χ3n) is 3.11. The van der Waals surface area contributed by atoms with E-state index in [1.807, 2.05) is 0 Å². The topological polar surface area (TPSA) is 78.7 Å². The van der Waals surface area contributed by atoms with Crippen LogP contribution in [0.4, 0.5) is 9.59 Å². The van der Waals surface area contributed by atoms with Gasteiger partial charge in [-0.3, -0.25) is 0 Å². The van der Waals surface area contributed by atoms with E-state index in [9.17, 15) is 9.59 Å². The first-order valence-electron chi connectivity index (χ1n) is 7.81. The minimum absolute atomic E-state index is 0.259. The molecule has 0 aliphatic carbocycles. The molecule has 0 aromatic rings. The number of carbonyl (C=O) groups is 2. The van der Waals surface area contributed by atoms with Crippen LogP contribution in [-0.4, -0.2) is 41.7 Å². The van der Waals surface area contributed by atoms with Crippen molar-refractivity contribution in [3.8, 4) is 0 Å². The number of hydrogen-bond acceptors (Lipinski definition) is 2. The van der Waals surface area contributed by atoms with Crippen molar-refractivity contribution in [1.82, 2.24) is 15.3 Å². The minimum atomic E-state index is -0.614. The van der Waals surface area contributed by atoms with Crippen molar-refractivity contribution in [2.75, 3.05) is 19.6 Å². The summed E-state index contributed by atoms with van der Waals surface area (Å²) in [7, 11) is 0. The fourth-order valence-electron chi connectivity index (χ4n) is 1.94. The summed E-state index contributed by atoms with van der Waals surface area (Å²) in [6, 6.07) is -0.919. The van der Waals surface area contributed by atoms with Gasteiger partial charge in [-0.1, -0.05) is 45.6 Å². The van der Waals surface area contributed by atoms with Crippen LogP contribution in [0.15, 0.2) is 12.7 Å². The molecule has 21 heavy (non-hydrogen) atoms. The highest BCUT2D eigenvalue weighted by atomic mass is 16.2. The summed E-state index contributed by atoms with van der Waals surface area (Å²) >= 11 is 0. The SMILES string of the molecule is C=CCN(C(=O)NCCCCC)N(CCCCC)C(N)=O. The monoisotopic (exact) mass is 298 g/mol. The highest BCUT2D eigenvalue weighted by molar-refractivity contribution is 5.79. The van der Waals surface area contributed by atoms with Gasteiger partial charge in [-0.05, 0) is 12.8 Å². The summed E-state index contributed by atoms with van der Waals surface area (Å²) < 4.78 is 0. The summed E-state index contributed by atoms with van der Waals surface area (Å²) in [4.78, 5) is 23.8. The molecule has 0 aliphatic heterocycles. The lowest BCUT2D eigenvalue weighted by atomic mass is 10.2. The Bertz CT molecular complexity index is 321. The molecule has 0 rings (SSSR count). The lowest BCUT2D eigenvalue weighted by Crippen LogP contribution is -2.55. The minimum Gasteiger partial charge on any atom is -0.350 e. The van der Waals surface area contributed by atoms with Gasteiger partial charge in [-0.2, -0.15) is 0 Å². The summed E-state index contributed by atoms with van der Waals surface area (Å²) in [5.74, 6) is 0. The van der Waals surface area contributed by atoms with E-state index in [4.69, 9.17) is 5.73 Å². The second-order valence-corrected chi connectivity index (χ2v) is 4.98. The quantitative estimate of drug-likeness (QED) is 0.369. The van der Waals surface area contributed by atoms with Crippen molar-refractivity contribution in [1.29, 1.82) is 0 Å². The van der Waals surface area contributed by atoms with Gasteiger partial charge in [0.2, 0.25) is 0 Å². The standard InChI is InChI=1S/C15H30N4O2/c1-4-7-9-11-17-15(21)19(12-6-3)18(14(16)20)13-10-8-5-2/h6H,3-5,7-13H2,1-2H3,(H2,16,20)(H,17,21). The normalized spacial score (nSPS) is 10.0. The molecule has 3 N–H and O–H groups in total. The molecular formula is C15H30N4O2. The van der Waals surface area contributed by atoms with Crippen LogP contribution >= 0.6 is 0 Å². The summed E-state index contributed by atoms with van der Waals surface area (Å²) in [6.45, 7) is 9.12. The summed E-state index contributed by atoms with van der Waals surface area (Å²) in [5, 5.41) is 5.45. The first kappa shape index (κ1) is 19.3. The predicted molar refractivity (Wildman–Crippen MR) is 85.6 cm³/mol. The molecule has 0 radical (unpaired) electrons. The van der Waals surface area contributed by atoms with Gasteiger partial charge in [0, 0.05) is 13.1 Å². The zero-order valence-electron chi connectivity index (χ0n) is 13.4. The smallest absolute Gasteiger partial charge is 0.336 e. The first-order chi connectivity index (χ1) is 10.1. The highest BCUT2D eigenvalue weighted by Crippen LogP contribution is 2.04. The first-order valence-corrected chi connectivity index (χ1v) is 7.81. The molecule has 0 heterocycles. The molecule has 0 unspecified atom stereocenters. The van der Waals surface area contributed by atoms with Crippen molar-refractivity contribution in [3.63, 3.8) is 0 Å². The van der Waals surface area contributed by atoms with E-state index in [0.717, 1.165) is 38.5 Å². The van der Waals surface area contributed by atoms with E-state index in [-0.39, 0.29) is 12.6 Å². The number of amides is 4. The molecule has 6 heteroatoms. The Morgan fingerprint density at radius 3 is 2.24 bits per heavy atom. The lowest BCUT2D eigenvalue weighted by Gasteiger charge is -2.32. The van der Waals surface area contributed by atoms with Crippen molar-refractivity contribution in [3.05, 3.63) is 12.7 Å². The van der Waals surface area contributed by atoms with Crippen LogP contribution in [0.1, 0.15) is 52.4 Å². The average molecular weight is 298 g/mol. The van der Waals surface area contributed by atoms with Gasteiger partial charge in [0.15, 0.2) is 0 Å². The molecule has 0 aliphatic rings. The maximum Gasteiger partial charge on any atom is 0.336 e. The van der Waals surface area contributed by atoms with Gasteiger partial charge < -0.3 is 11.1 Å². The van der Waals surface area contributed by atoms with E-state index in [1.54, 1.807) is 6.08 Å². The molecule has 6 nitrogen and oxygen atoms in total. The number of nitrogens with zero attached hydrogens (tertiary/aromatic N) is 2. The van der Waals surface area contributed by atoms with Crippen LogP contribution in [0.2, 0.25) is 0 Å². The number of nitrogens with one attached hydrogen (secondary N) is 1. The zero-order chi connectivity index (χ0) is 16.1. The third-order valence-corrected chi connectivity index (χ3v) is 3.11. The highest BCUT2D eigenvalue weighted by Gasteiger charge is 2.22. The molecular weight excluding hydrogens is 268 g/mol. The Hall–Kier alpha value is -1.72. The van der Waals surface area contributed by atoms with E-state index in [2.05, 4.69) is 25.7 Å². The van der Waals surface area contributed by atoms with E-state index < -0.39 is 6.03 Å². The molecule has 0 bridgehead atoms. The van der Waals surface area contributed by atoms with Gasteiger partial charge in [-0.25, -0.2) is 19.6 Å². The van der Waals surface area contributed by atoms with Crippen LogP contribution in [0.25, 0.3) is 0 Å². The number of urea groups is 2. The van der Waals surface area contributed by atoms with Crippen LogP contribution in [0.5, 0.6) is 0 Å². The molecule has 0 aromatic carbocycles. The Morgan fingerprint density at radius 1 is 1.10 bits per heavy atom. The second-order valence-electron chi connectivity index (χ2n) is 4.98. The number of nitrogens with two attached hydrogens (primary N) is 1. The number of hydrogen-bond donors (Lipinski definition) is 2. The Balaban J connectivity index is 4.58. The van der Waals surface area contributed by atoms with Crippen molar-refractivity contribution < 1.29 is 9.59 Å². The fourth-order valence-corrected chi connectivity index (χ4v) is 1.94. The molecule has 0 spiro atoms. The van der Waals surface area contributed by atoms with Crippen molar-refractivity contribution in [2.24, 2.45) is 5.73 Å². The molecule has 4 amide bonds. The van der Waals surface area contributed by atoms with Crippen LogP contribution in [-0.2, 0) is 0 Å². The van der Waals surface area contributed by atoms with Gasteiger partial charge in [0.25, 0.3) is 0 Å². The molecule has 0 atom stereocenters. The van der Waals surface area contributed by atoms with E-state index in [0.29, 0.717) is 13.1 Å². The van der Waals surface area contributed by atoms with E-state index >= 15 is 0 Å². The maximum absolute atomic E-state index is 12.2. The number of hydrazine groups is 1. The molecule has 0 saturated heterocycles. The van der Waals surface area contributed by atoms with Crippen molar-refractivity contribution >= 4 is 12.1 Å². The molecule has 0 fully saturated rings. The number of unbranched alkanes of at least 4 members (excludes halogenated alkanes) is 4. The lowest BCUT2D eigenvalue weighted by molar-refractivity contribution is 0.0580. The third kappa shape index (κ3) is 8.22. The maximum atomic E-state index is 12.2. The summed E-state index contributed by atoms with van der Waals surface area (Å²) in [6.07, 6.45) is 7.52. The fraction of sp³-hybridized carbons (Fsp3) is 0.733. The van der Waals surface area contributed by atoms with Crippen molar-refractivity contribution in [2.45, 2.75) is 52.4 Å². The Kier molecular flexibility index (Phi) is 11.1. The molecule has 0 saturated carbocycles. The molecule has 122 valence electrons. The van der Waals surface area contributed by atoms with Gasteiger partial charge >= 0.3 is 12.1 Å². The number of primary amides is 1. The van der Waals surface area contributed by atoms with Gasteiger partial charge in [-0.15, -0.1) is 6.58 Å². The van der Waals surface area contributed by atoms with Crippen LogP contribution in [0, 0.1) is 0 Å². The van der Waals surface area contributed by atoms with Crippen LogP contribution in [0.3, 0.4) is 0 Å². The number of rotatable bonds is 10. The van der Waals surface area contributed by atoms with Crippen LogP contribution < -0.4 is 11.1 Å². The zero-order valence-corrected chi connectivity index (χ0v) is 13.4. The Morgan fingerprint density at radius 2 is 1.71 bits per heavy atom. The predicted octanol–water partition coefficient (Wildman–Crippen LogP) is 2.86. The number of carbonyl (C=O) groups excluding carboxylic acids is 2. The average Bonchev–Trinajstić information content (AvgIpc) is 2.46. The van der Waals surface area contributed by atoms with Gasteiger partial charge in [0.1, 0.15) is 0 Å². The summed E-state index contributed by atoms with van der Waals surface area (Å²) in [5.41, 5.74) is 5.40. The van der Waals surface area contributed by atoms with Gasteiger partial charge in [0.05, 0.1) is 6.54 Å². The second kappa shape index (κ2) is 12.1.